The summed E-state index contributed by atoms with van der Waals surface area (Å²) in [4.78, 5) is 0. The fourth-order valence-corrected chi connectivity index (χ4v) is 1.79. The lowest BCUT2D eigenvalue weighted by atomic mass is 9.96. The van der Waals surface area contributed by atoms with Crippen molar-refractivity contribution in [3.05, 3.63) is 59.4 Å². The minimum Gasteiger partial charge on any atom is -0.493 e. The van der Waals surface area contributed by atoms with E-state index in [-0.39, 0.29) is 24.2 Å². The predicted molar refractivity (Wildman–Crippen MR) is 72.4 cm³/mol. The molecule has 0 atom stereocenters. The lowest BCUT2D eigenvalue weighted by Crippen LogP contribution is -2.09. The molecule has 0 saturated carbocycles. The van der Waals surface area contributed by atoms with Crippen molar-refractivity contribution >= 4 is 13.3 Å². The fraction of sp³-hybridized carbons (Fsp3) is 0.200. The quantitative estimate of drug-likeness (QED) is 0.621. The number of hydrogen-bond acceptors (Lipinski definition) is 1. The molecule has 0 aliphatic rings. The Hall–Kier alpha value is -1.98. The van der Waals surface area contributed by atoms with Crippen molar-refractivity contribution in [3.63, 3.8) is 0 Å². The van der Waals surface area contributed by atoms with Gasteiger partial charge in [-0.3, -0.25) is 0 Å². The second kappa shape index (κ2) is 6.20. The molecule has 0 unspecified atom stereocenters. The SMILES string of the molecule is [B]c1ccc(OCCc2cccc(C(F)(F)F)c2)cc1F. The summed E-state index contributed by atoms with van der Waals surface area (Å²) in [6, 6.07) is 9.04. The normalized spacial score (nSPS) is 11.4. The van der Waals surface area contributed by atoms with Crippen molar-refractivity contribution in [2.45, 2.75) is 12.6 Å². The summed E-state index contributed by atoms with van der Waals surface area (Å²) in [7, 11) is 5.33. The molecule has 0 fully saturated rings. The Labute approximate surface area is 121 Å². The number of rotatable bonds is 4. The van der Waals surface area contributed by atoms with E-state index in [9.17, 15) is 17.6 Å². The Morgan fingerprint density at radius 3 is 2.48 bits per heavy atom. The van der Waals surface area contributed by atoms with Crippen molar-refractivity contribution in [3.8, 4) is 5.75 Å². The van der Waals surface area contributed by atoms with Gasteiger partial charge in [0.2, 0.25) is 0 Å². The van der Waals surface area contributed by atoms with E-state index in [1.807, 2.05) is 0 Å². The number of hydrogen-bond donors (Lipinski definition) is 0. The maximum absolute atomic E-state index is 13.2. The van der Waals surface area contributed by atoms with Crippen LogP contribution in [0.25, 0.3) is 0 Å². The van der Waals surface area contributed by atoms with E-state index in [2.05, 4.69) is 0 Å². The van der Waals surface area contributed by atoms with Gasteiger partial charge < -0.3 is 4.74 Å². The van der Waals surface area contributed by atoms with Gasteiger partial charge in [0, 0.05) is 12.5 Å². The molecule has 108 valence electrons. The first-order valence-electron chi connectivity index (χ1n) is 6.20. The third-order valence-electron chi connectivity index (χ3n) is 2.89. The first kappa shape index (κ1) is 15.4. The van der Waals surface area contributed by atoms with E-state index in [0.29, 0.717) is 5.56 Å². The van der Waals surface area contributed by atoms with Crippen LogP contribution in [0, 0.1) is 5.82 Å². The molecule has 0 spiro atoms. The largest absolute Gasteiger partial charge is 0.493 e. The van der Waals surface area contributed by atoms with Gasteiger partial charge in [-0.15, -0.1) is 0 Å². The molecule has 0 saturated heterocycles. The van der Waals surface area contributed by atoms with E-state index < -0.39 is 17.6 Å². The molecular formula is C15H11BF4O. The minimum absolute atomic E-state index is 0.0141. The highest BCUT2D eigenvalue weighted by atomic mass is 19.4. The molecule has 0 amide bonds. The van der Waals surface area contributed by atoms with Crippen LogP contribution >= 0.6 is 0 Å². The second-order valence-corrected chi connectivity index (χ2v) is 4.48. The highest BCUT2D eigenvalue weighted by Crippen LogP contribution is 2.29. The Morgan fingerprint density at radius 2 is 1.81 bits per heavy atom. The van der Waals surface area contributed by atoms with Gasteiger partial charge in [-0.1, -0.05) is 29.7 Å². The molecule has 6 heteroatoms. The fourth-order valence-electron chi connectivity index (χ4n) is 1.79. The van der Waals surface area contributed by atoms with Crippen LogP contribution in [-0.4, -0.2) is 14.5 Å². The smallest absolute Gasteiger partial charge is 0.416 e. The monoisotopic (exact) mass is 294 g/mol. The van der Waals surface area contributed by atoms with Gasteiger partial charge in [0.15, 0.2) is 0 Å². The van der Waals surface area contributed by atoms with Gasteiger partial charge in [-0.2, -0.15) is 13.2 Å². The first-order valence-corrected chi connectivity index (χ1v) is 6.20. The van der Waals surface area contributed by atoms with Crippen LogP contribution in [0.15, 0.2) is 42.5 Å². The maximum atomic E-state index is 13.2. The van der Waals surface area contributed by atoms with Gasteiger partial charge >= 0.3 is 6.18 Å². The van der Waals surface area contributed by atoms with Gasteiger partial charge in [-0.25, -0.2) is 4.39 Å². The van der Waals surface area contributed by atoms with Crippen molar-refractivity contribution in [2.24, 2.45) is 0 Å². The van der Waals surface area contributed by atoms with E-state index >= 15 is 0 Å². The van der Waals surface area contributed by atoms with Crippen LogP contribution in [0.5, 0.6) is 5.75 Å². The average molecular weight is 294 g/mol. The summed E-state index contributed by atoms with van der Waals surface area (Å²) in [6.45, 7) is 0.144. The Bertz CT molecular complexity index is 625. The molecule has 21 heavy (non-hydrogen) atoms. The molecule has 0 aliphatic carbocycles. The molecule has 2 aromatic carbocycles. The number of alkyl halides is 3. The summed E-state index contributed by atoms with van der Waals surface area (Å²) >= 11 is 0. The van der Waals surface area contributed by atoms with Crippen LogP contribution in [0.2, 0.25) is 0 Å². The van der Waals surface area contributed by atoms with Crippen molar-refractivity contribution in [1.82, 2.24) is 0 Å². The topological polar surface area (TPSA) is 9.23 Å². The number of benzene rings is 2. The molecule has 1 nitrogen and oxygen atoms in total. The van der Waals surface area contributed by atoms with Gasteiger partial charge in [0.25, 0.3) is 0 Å². The molecule has 0 heterocycles. The summed E-state index contributed by atoms with van der Waals surface area (Å²) in [6.07, 6.45) is -4.08. The van der Waals surface area contributed by atoms with Gasteiger partial charge in [0.1, 0.15) is 19.4 Å². The molecule has 0 aromatic heterocycles. The molecular weight excluding hydrogens is 283 g/mol. The zero-order chi connectivity index (χ0) is 15.5. The minimum atomic E-state index is -4.36. The van der Waals surface area contributed by atoms with Crippen LogP contribution in [0.3, 0.4) is 0 Å². The number of ether oxygens (including phenoxy) is 1. The molecule has 2 rings (SSSR count). The second-order valence-electron chi connectivity index (χ2n) is 4.48. The third-order valence-corrected chi connectivity index (χ3v) is 2.89. The first-order chi connectivity index (χ1) is 9.86. The van der Waals surface area contributed by atoms with E-state index in [1.165, 1.54) is 18.2 Å². The van der Waals surface area contributed by atoms with Gasteiger partial charge in [-0.05, 0) is 17.7 Å². The summed E-state index contributed by atoms with van der Waals surface area (Å²) in [5, 5.41) is 0. The maximum Gasteiger partial charge on any atom is 0.416 e. The zero-order valence-electron chi connectivity index (χ0n) is 11.0. The zero-order valence-corrected chi connectivity index (χ0v) is 11.0. The lowest BCUT2D eigenvalue weighted by Gasteiger charge is -2.10. The molecule has 0 aliphatic heterocycles. The van der Waals surface area contributed by atoms with Crippen LogP contribution in [-0.2, 0) is 12.6 Å². The highest BCUT2D eigenvalue weighted by molar-refractivity contribution is 6.32. The molecule has 0 N–H and O–H groups in total. The van der Waals surface area contributed by atoms with E-state index in [0.717, 1.165) is 18.2 Å². The Kier molecular flexibility index (Phi) is 4.55. The molecule has 2 radical (unpaired) electrons. The molecule has 0 bridgehead atoms. The number of halogens is 4. The van der Waals surface area contributed by atoms with Crippen LogP contribution < -0.4 is 10.2 Å². The predicted octanol–water partition coefficient (Wildman–Crippen LogP) is 3.26. The third kappa shape index (κ3) is 4.24. The van der Waals surface area contributed by atoms with Crippen molar-refractivity contribution in [1.29, 1.82) is 0 Å². The summed E-state index contributed by atoms with van der Waals surface area (Å²) in [5.41, 5.74) is -0.181. The average Bonchev–Trinajstić information content (AvgIpc) is 2.42. The van der Waals surface area contributed by atoms with Crippen molar-refractivity contribution < 1.29 is 22.3 Å². The van der Waals surface area contributed by atoms with E-state index in [1.54, 1.807) is 6.07 Å². The van der Waals surface area contributed by atoms with Crippen LogP contribution in [0.1, 0.15) is 11.1 Å². The summed E-state index contributed by atoms with van der Waals surface area (Å²) < 4.78 is 56.1. The van der Waals surface area contributed by atoms with Crippen molar-refractivity contribution in [2.75, 3.05) is 6.61 Å². The van der Waals surface area contributed by atoms with Gasteiger partial charge in [0.05, 0.1) is 12.2 Å². The summed E-state index contributed by atoms with van der Waals surface area (Å²) in [5.74, 6) is -0.305. The standard InChI is InChI=1S/C15H11BF4O/c16-13-5-4-12(9-14(13)17)21-7-6-10-2-1-3-11(8-10)15(18,19)20/h1-5,8-9H,6-7H2. The van der Waals surface area contributed by atoms with E-state index in [4.69, 9.17) is 12.6 Å². The Morgan fingerprint density at radius 1 is 1.05 bits per heavy atom. The molecule has 2 aromatic rings. The Balaban J connectivity index is 1.96. The lowest BCUT2D eigenvalue weighted by molar-refractivity contribution is -0.137. The highest BCUT2D eigenvalue weighted by Gasteiger charge is 2.30. The van der Waals surface area contributed by atoms with Crippen LogP contribution in [0.4, 0.5) is 17.6 Å².